The molecule has 0 bridgehead atoms. The Balaban J connectivity index is 1.10. The van der Waals surface area contributed by atoms with Crippen molar-refractivity contribution in [2.24, 2.45) is 46.3 Å². The molecule has 0 aliphatic heterocycles. The fourth-order valence-corrected chi connectivity index (χ4v) is 11.6. The Hall–Kier alpha value is -0.790. The third kappa shape index (κ3) is 10.8. The Morgan fingerprint density at radius 1 is 0.745 bits per heavy atom. The van der Waals surface area contributed by atoms with Crippen LogP contribution in [0.3, 0.4) is 0 Å². The zero-order valence-corrected chi connectivity index (χ0v) is 32.5. The maximum Gasteiger partial charge on any atom is 0.306 e. The Morgan fingerprint density at radius 3 is 1.98 bits per heavy atom. The Labute approximate surface area is 293 Å². The van der Waals surface area contributed by atoms with Gasteiger partial charge in [0, 0.05) is 12.8 Å². The van der Waals surface area contributed by atoms with Crippen LogP contribution in [0, 0.1) is 46.3 Å². The first-order chi connectivity index (χ1) is 22.7. The second kappa shape index (κ2) is 19.6. The molecule has 0 saturated heterocycles. The van der Waals surface area contributed by atoms with Crippen molar-refractivity contribution in [3.8, 4) is 0 Å². The minimum absolute atomic E-state index is 0.0653. The van der Waals surface area contributed by atoms with E-state index in [0.717, 1.165) is 54.8 Å². The van der Waals surface area contributed by atoms with Gasteiger partial charge in [0.05, 0.1) is 0 Å². The number of rotatable bonds is 22. The van der Waals surface area contributed by atoms with Crippen molar-refractivity contribution in [1.82, 2.24) is 0 Å². The summed E-state index contributed by atoms with van der Waals surface area (Å²) >= 11 is 0. The largest absolute Gasteiger partial charge is 0.462 e. The van der Waals surface area contributed by atoms with E-state index in [1.165, 1.54) is 148 Å². The number of hydrogen-bond acceptors (Lipinski definition) is 2. The third-order valence-corrected chi connectivity index (χ3v) is 14.5. The molecule has 0 aromatic rings. The lowest BCUT2D eigenvalue weighted by atomic mass is 9.47. The van der Waals surface area contributed by atoms with Gasteiger partial charge in [-0.1, -0.05) is 162 Å². The first-order valence-corrected chi connectivity index (χ1v) is 21.6. The Morgan fingerprint density at radius 2 is 1.36 bits per heavy atom. The van der Waals surface area contributed by atoms with Crippen molar-refractivity contribution >= 4 is 5.97 Å². The van der Waals surface area contributed by atoms with Gasteiger partial charge in [-0.25, -0.2) is 0 Å². The summed E-state index contributed by atoms with van der Waals surface area (Å²) in [6, 6.07) is 0. The molecule has 0 N–H and O–H groups in total. The van der Waals surface area contributed by atoms with Crippen LogP contribution in [-0.4, -0.2) is 12.1 Å². The molecule has 0 aromatic carbocycles. The summed E-state index contributed by atoms with van der Waals surface area (Å²) in [5.74, 6) is 5.34. The minimum Gasteiger partial charge on any atom is -0.462 e. The number of unbranched alkanes of at least 4 members (excludes halogenated alkanes) is 14. The van der Waals surface area contributed by atoms with Gasteiger partial charge in [-0.2, -0.15) is 0 Å². The summed E-state index contributed by atoms with van der Waals surface area (Å²) in [5.41, 5.74) is 2.54. The van der Waals surface area contributed by atoms with Crippen molar-refractivity contribution in [2.75, 3.05) is 0 Å². The molecule has 2 unspecified atom stereocenters. The van der Waals surface area contributed by atoms with Crippen LogP contribution in [0.1, 0.15) is 215 Å². The van der Waals surface area contributed by atoms with Gasteiger partial charge in [0.1, 0.15) is 6.10 Å². The van der Waals surface area contributed by atoms with Crippen LogP contribution < -0.4 is 0 Å². The summed E-state index contributed by atoms with van der Waals surface area (Å²) in [4.78, 5) is 12.8. The van der Waals surface area contributed by atoms with Gasteiger partial charge in [0.25, 0.3) is 0 Å². The number of allylic oxidation sites excluding steroid dienone is 1. The van der Waals surface area contributed by atoms with E-state index in [1.54, 1.807) is 5.57 Å². The van der Waals surface area contributed by atoms with E-state index < -0.39 is 0 Å². The molecular weight excluding hydrogens is 572 g/mol. The maximum atomic E-state index is 12.8. The lowest BCUT2D eigenvalue weighted by Gasteiger charge is -2.58. The minimum atomic E-state index is 0.0653. The monoisotopic (exact) mass is 653 g/mol. The van der Waals surface area contributed by atoms with Gasteiger partial charge >= 0.3 is 5.97 Å². The lowest BCUT2D eigenvalue weighted by Crippen LogP contribution is -2.51. The fraction of sp³-hybridized carbons (Fsp3) is 0.933. The second-order valence-electron chi connectivity index (χ2n) is 18.3. The zero-order valence-electron chi connectivity index (χ0n) is 32.5. The molecule has 2 heteroatoms. The average Bonchev–Trinajstić information content (AvgIpc) is 3.40. The SMILES string of the molecule is CCCCCCCCCCCCCCCCCC(=O)OC1CC[C@@]2(C)C(=CC[C@H]3[C@@H]4CC[C@H](C(C)CCCC(C)C)[C@@]4(C)CC[C@@H]32)C1. The van der Waals surface area contributed by atoms with Gasteiger partial charge in [-0.05, 0) is 97.7 Å². The highest BCUT2D eigenvalue weighted by molar-refractivity contribution is 5.69. The van der Waals surface area contributed by atoms with E-state index in [4.69, 9.17) is 4.74 Å². The number of carbonyl (C=O) groups excluding carboxylic acids is 1. The van der Waals surface area contributed by atoms with E-state index in [0.29, 0.717) is 17.3 Å². The van der Waals surface area contributed by atoms with Crippen molar-refractivity contribution in [1.29, 1.82) is 0 Å². The maximum absolute atomic E-state index is 12.8. The quantitative estimate of drug-likeness (QED) is 0.0661. The van der Waals surface area contributed by atoms with Crippen LogP contribution in [0.4, 0.5) is 0 Å². The lowest BCUT2D eigenvalue weighted by molar-refractivity contribution is -0.151. The topological polar surface area (TPSA) is 26.3 Å². The van der Waals surface area contributed by atoms with Crippen LogP contribution in [-0.2, 0) is 9.53 Å². The summed E-state index contributed by atoms with van der Waals surface area (Å²) in [5, 5.41) is 0. The Kier molecular flexibility index (Phi) is 16.2. The number of fused-ring (bicyclic) bond motifs is 5. The molecule has 47 heavy (non-hydrogen) atoms. The van der Waals surface area contributed by atoms with E-state index in [1.807, 2.05) is 0 Å². The fourth-order valence-electron chi connectivity index (χ4n) is 11.6. The van der Waals surface area contributed by atoms with Crippen LogP contribution in [0.2, 0.25) is 0 Å². The molecular formula is C45H80O2. The first kappa shape index (κ1) is 39.0. The third-order valence-electron chi connectivity index (χ3n) is 14.5. The highest BCUT2D eigenvalue weighted by Gasteiger charge is 2.59. The van der Waals surface area contributed by atoms with Crippen molar-refractivity contribution < 1.29 is 9.53 Å². The molecule has 0 aromatic heterocycles. The van der Waals surface area contributed by atoms with E-state index in [2.05, 4.69) is 47.6 Å². The van der Waals surface area contributed by atoms with Gasteiger partial charge in [-0.15, -0.1) is 0 Å². The molecule has 4 aliphatic carbocycles. The molecule has 3 saturated carbocycles. The molecule has 272 valence electrons. The molecule has 8 atom stereocenters. The molecule has 0 radical (unpaired) electrons. The highest BCUT2D eigenvalue weighted by Crippen LogP contribution is 2.67. The van der Waals surface area contributed by atoms with E-state index in [-0.39, 0.29) is 12.1 Å². The molecule has 0 spiro atoms. The molecule has 4 aliphatic rings. The van der Waals surface area contributed by atoms with E-state index in [9.17, 15) is 4.79 Å². The van der Waals surface area contributed by atoms with Crippen molar-refractivity contribution in [3.05, 3.63) is 11.6 Å². The van der Waals surface area contributed by atoms with Crippen LogP contribution in [0.25, 0.3) is 0 Å². The number of hydrogen-bond donors (Lipinski definition) is 0. The van der Waals surface area contributed by atoms with E-state index >= 15 is 0 Å². The van der Waals surface area contributed by atoms with Gasteiger partial charge in [0.2, 0.25) is 0 Å². The standard InChI is InChI=1S/C45H80O2/c1-7-8-9-10-11-12-13-14-15-16-17-18-19-20-21-25-43(46)47-38-30-32-44(5)37(34-38)26-27-39-41-29-28-40(36(4)24-22-23-35(2)3)45(41,6)33-31-42(39)44/h26,35-36,38-42H,7-25,27-34H2,1-6H3/t36?,38?,39-,40+,41-,42-,44-,45+/m0/s1. The number of esters is 1. The predicted molar refractivity (Wildman–Crippen MR) is 202 cm³/mol. The molecule has 2 nitrogen and oxygen atoms in total. The van der Waals surface area contributed by atoms with Gasteiger partial charge in [-0.3, -0.25) is 4.79 Å². The van der Waals surface area contributed by atoms with Gasteiger partial charge in [0.15, 0.2) is 0 Å². The molecule has 0 amide bonds. The van der Waals surface area contributed by atoms with Gasteiger partial charge < -0.3 is 4.74 Å². The molecule has 0 heterocycles. The average molecular weight is 653 g/mol. The highest BCUT2D eigenvalue weighted by atomic mass is 16.5. The van der Waals surface area contributed by atoms with Crippen LogP contribution >= 0.6 is 0 Å². The zero-order chi connectivity index (χ0) is 33.7. The smallest absolute Gasteiger partial charge is 0.306 e. The summed E-state index contributed by atoms with van der Waals surface area (Å²) < 4.78 is 6.13. The number of ether oxygens (including phenoxy) is 1. The van der Waals surface area contributed by atoms with Crippen LogP contribution in [0.5, 0.6) is 0 Å². The summed E-state index contributed by atoms with van der Waals surface area (Å²) in [6.45, 7) is 15.0. The normalized spacial score (nSPS) is 32.4. The number of carbonyl (C=O) groups is 1. The van der Waals surface area contributed by atoms with Crippen LogP contribution in [0.15, 0.2) is 11.6 Å². The Bertz CT molecular complexity index is 934. The summed E-state index contributed by atoms with van der Waals surface area (Å²) in [7, 11) is 0. The first-order valence-electron chi connectivity index (χ1n) is 21.6. The van der Waals surface area contributed by atoms with Crippen molar-refractivity contribution in [3.63, 3.8) is 0 Å². The predicted octanol–water partition coefficient (Wildman–Crippen LogP) is 14.2. The molecule has 4 rings (SSSR count). The van der Waals surface area contributed by atoms with Crippen molar-refractivity contribution in [2.45, 2.75) is 221 Å². The second-order valence-corrected chi connectivity index (χ2v) is 18.3. The summed E-state index contributed by atoms with van der Waals surface area (Å²) in [6.07, 6.45) is 38.4. The molecule has 3 fully saturated rings.